The van der Waals surface area contributed by atoms with Gasteiger partial charge in [0.2, 0.25) is 0 Å². The van der Waals surface area contributed by atoms with E-state index in [-0.39, 0.29) is 0 Å². The van der Waals surface area contributed by atoms with Gasteiger partial charge in [-0.2, -0.15) is 23.2 Å². The summed E-state index contributed by atoms with van der Waals surface area (Å²) >= 11 is 3.93. The Labute approximate surface area is 121 Å². The van der Waals surface area contributed by atoms with Gasteiger partial charge in [-0.1, -0.05) is 30.3 Å². The Morgan fingerprint density at radius 2 is 1.53 bits per heavy atom. The van der Waals surface area contributed by atoms with E-state index in [2.05, 4.69) is 66.3 Å². The number of nitrogens with zero attached hydrogens (tertiary/aromatic N) is 1. The van der Waals surface area contributed by atoms with E-state index in [0.717, 1.165) is 0 Å². The molecule has 0 spiro atoms. The van der Waals surface area contributed by atoms with Crippen LogP contribution in [0.4, 0.5) is 0 Å². The number of aromatic nitrogens is 1. The zero-order valence-electron chi connectivity index (χ0n) is 10.5. The number of fused-ring (bicyclic) bond motifs is 2. The molecule has 1 aliphatic heterocycles. The maximum Gasteiger partial charge on any atom is 0.319 e. The number of aryl methyl sites for hydroxylation is 1. The van der Waals surface area contributed by atoms with E-state index >= 15 is 0 Å². The summed E-state index contributed by atoms with van der Waals surface area (Å²) in [5, 5.41) is 1.85. The van der Waals surface area contributed by atoms with Gasteiger partial charge < -0.3 is 4.57 Å². The minimum Gasteiger partial charge on any atom is -0.351 e. The summed E-state index contributed by atoms with van der Waals surface area (Å²) < 4.78 is 2.23. The molecule has 0 amide bonds. The van der Waals surface area contributed by atoms with Crippen molar-refractivity contribution in [1.82, 2.24) is 4.57 Å². The molecule has 1 aromatic heterocycles. The molecule has 2 aromatic carbocycles. The Bertz CT molecular complexity index is 741. The lowest BCUT2D eigenvalue weighted by Crippen LogP contribution is -2.20. The average Bonchev–Trinajstić information content (AvgIpc) is 3.01. The van der Waals surface area contributed by atoms with Gasteiger partial charge in [0.1, 0.15) is 0 Å². The van der Waals surface area contributed by atoms with Crippen LogP contribution < -0.4 is 5.46 Å². The van der Waals surface area contributed by atoms with Crippen molar-refractivity contribution >= 4 is 44.9 Å². The molecule has 0 radical (unpaired) electrons. The van der Waals surface area contributed by atoms with Gasteiger partial charge >= 0.3 is 5.27 Å². The fraction of sp³-hybridized carbons (Fsp3) is 0.0667. The van der Waals surface area contributed by atoms with Crippen molar-refractivity contribution in [2.24, 2.45) is 7.05 Å². The molecule has 3 aromatic rings. The first-order chi connectivity index (χ1) is 9.33. The number of hydrogen-bond acceptors (Lipinski definition) is 2. The fourth-order valence-corrected chi connectivity index (χ4v) is 5.46. The van der Waals surface area contributed by atoms with E-state index in [4.69, 9.17) is 0 Å². The second-order valence-electron chi connectivity index (χ2n) is 4.73. The van der Waals surface area contributed by atoms with Crippen LogP contribution in [-0.4, -0.2) is 9.84 Å². The molecular formula is C15H12BNS2. The molecule has 4 rings (SSSR count). The molecule has 0 saturated carbocycles. The Hall–Kier alpha value is -1.26. The molecule has 0 saturated heterocycles. The minimum atomic E-state index is 0.475. The van der Waals surface area contributed by atoms with Crippen LogP contribution in [0.5, 0.6) is 0 Å². The molecule has 1 aliphatic rings. The van der Waals surface area contributed by atoms with Gasteiger partial charge in [0.25, 0.3) is 0 Å². The lowest BCUT2D eigenvalue weighted by atomic mass is 9.92. The highest BCUT2D eigenvalue weighted by molar-refractivity contribution is 8.57. The maximum atomic E-state index is 2.28. The number of benzene rings is 2. The third-order valence-corrected chi connectivity index (χ3v) is 6.36. The molecule has 0 bridgehead atoms. The van der Waals surface area contributed by atoms with Crippen molar-refractivity contribution in [2.45, 2.75) is 9.79 Å². The molecule has 0 aliphatic carbocycles. The second-order valence-corrected chi connectivity index (χ2v) is 7.32. The summed E-state index contributed by atoms with van der Waals surface area (Å²) in [7, 11) is 2.13. The molecule has 0 atom stereocenters. The highest BCUT2D eigenvalue weighted by Gasteiger charge is 2.30. The molecule has 1 nitrogen and oxygen atoms in total. The molecule has 4 heteroatoms. The van der Waals surface area contributed by atoms with E-state index in [1.54, 1.807) is 0 Å². The van der Waals surface area contributed by atoms with Gasteiger partial charge in [0.15, 0.2) is 0 Å². The van der Waals surface area contributed by atoms with Gasteiger partial charge in [0, 0.05) is 28.6 Å². The molecule has 2 heterocycles. The van der Waals surface area contributed by atoms with Crippen molar-refractivity contribution in [3.8, 4) is 0 Å². The van der Waals surface area contributed by atoms with Gasteiger partial charge in [-0.25, -0.2) is 0 Å². The molecule has 19 heavy (non-hydrogen) atoms. The first-order valence-corrected chi connectivity index (χ1v) is 8.05. The molecule has 0 fully saturated rings. The smallest absolute Gasteiger partial charge is 0.319 e. The van der Waals surface area contributed by atoms with Crippen molar-refractivity contribution in [1.29, 1.82) is 0 Å². The van der Waals surface area contributed by atoms with E-state index in [9.17, 15) is 0 Å². The molecule has 0 N–H and O–H groups in total. The third-order valence-electron chi connectivity index (χ3n) is 3.50. The Morgan fingerprint density at radius 1 is 0.895 bits per heavy atom. The summed E-state index contributed by atoms with van der Waals surface area (Å²) in [5.41, 5.74) is 2.75. The monoisotopic (exact) mass is 281 g/mol. The van der Waals surface area contributed by atoms with E-state index in [1.807, 2.05) is 23.2 Å². The Morgan fingerprint density at radius 3 is 2.26 bits per heavy atom. The van der Waals surface area contributed by atoms with Crippen LogP contribution in [0.3, 0.4) is 0 Å². The van der Waals surface area contributed by atoms with Crippen LogP contribution in [0.1, 0.15) is 0 Å². The van der Waals surface area contributed by atoms with Crippen LogP contribution in [0.15, 0.2) is 64.5 Å². The summed E-state index contributed by atoms with van der Waals surface area (Å²) in [6, 6.07) is 17.3. The van der Waals surface area contributed by atoms with E-state index in [0.29, 0.717) is 5.27 Å². The first-order valence-electron chi connectivity index (χ1n) is 6.29. The molecular weight excluding hydrogens is 269 g/mol. The van der Waals surface area contributed by atoms with Crippen molar-refractivity contribution in [2.75, 3.05) is 0 Å². The van der Waals surface area contributed by atoms with Gasteiger partial charge in [-0.05, 0) is 29.0 Å². The zero-order chi connectivity index (χ0) is 12.8. The molecule has 0 unspecified atom stereocenters. The second kappa shape index (κ2) is 4.39. The summed E-state index contributed by atoms with van der Waals surface area (Å²) in [6.07, 6.45) is 2.28. The van der Waals surface area contributed by atoms with Crippen LogP contribution in [0, 0.1) is 0 Å². The standard InChI is InChI=1S/C15H12BNS2/c1-17-10-12(11-6-2-3-7-13(11)17)16-18-14-8-4-5-9-15(14)19-16/h2-10H,1H3. The predicted octanol–water partition coefficient (Wildman–Crippen LogP) is 3.77. The van der Waals surface area contributed by atoms with Crippen molar-refractivity contribution < 1.29 is 0 Å². The van der Waals surface area contributed by atoms with E-state index < -0.39 is 0 Å². The highest BCUT2D eigenvalue weighted by Crippen LogP contribution is 2.45. The van der Waals surface area contributed by atoms with E-state index in [1.165, 1.54) is 26.2 Å². The fourth-order valence-electron chi connectivity index (χ4n) is 2.59. The van der Waals surface area contributed by atoms with Crippen molar-refractivity contribution in [3.63, 3.8) is 0 Å². The van der Waals surface area contributed by atoms with Gasteiger partial charge in [-0.15, -0.1) is 0 Å². The zero-order valence-corrected chi connectivity index (χ0v) is 12.2. The third kappa shape index (κ3) is 1.82. The number of para-hydroxylation sites is 1. The van der Waals surface area contributed by atoms with Crippen LogP contribution in [-0.2, 0) is 7.05 Å². The largest absolute Gasteiger partial charge is 0.351 e. The topological polar surface area (TPSA) is 4.93 Å². The quantitative estimate of drug-likeness (QED) is 0.626. The predicted molar refractivity (Wildman–Crippen MR) is 86.5 cm³/mol. The Kier molecular flexibility index (Phi) is 2.67. The number of hydrogen-bond donors (Lipinski definition) is 0. The van der Waals surface area contributed by atoms with Crippen LogP contribution in [0.25, 0.3) is 10.9 Å². The number of rotatable bonds is 1. The first kappa shape index (κ1) is 11.6. The summed E-state index contributed by atoms with van der Waals surface area (Å²) in [6.45, 7) is 0. The highest BCUT2D eigenvalue weighted by atomic mass is 32.2. The lowest BCUT2D eigenvalue weighted by Gasteiger charge is -2.01. The average molecular weight is 281 g/mol. The minimum absolute atomic E-state index is 0.475. The summed E-state index contributed by atoms with van der Waals surface area (Å²) in [5.74, 6) is 0. The van der Waals surface area contributed by atoms with Crippen molar-refractivity contribution in [3.05, 3.63) is 54.7 Å². The van der Waals surface area contributed by atoms with Gasteiger partial charge in [0.05, 0.1) is 0 Å². The van der Waals surface area contributed by atoms with Crippen LogP contribution in [0.2, 0.25) is 0 Å². The molecule has 92 valence electrons. The normalized spacial score (nSPS) is 14.1. The Balaban J connectivity index is 1.81. The van der Waals surface area contributed by atoms with Gasteiger partial charge in [-0.3, -0.25) is 0 Å². The van der Waals surface area contributed by atoms with Crippen LogP contribution >= 0.6 is 23.2 Å². The lowest BCUT2D eigenvalue weighted by molar-refractivity contribution is 0.972. The summed E-state index contributed by atoms with van der Waals surface area (Å²) in [4.78, 5) is 2.82. The SMILES string of the molecule is Cn1cc(B2Sc3ccccc3S2)c2ccccc21. The maximum absolute atomic E-state index is 2.28.